The molecule has 0 saturated heterocycles. The standard InChI is InChI=1S/C21H20FN5O4/c22-14-3-1-13(2-4-14)19-25-26(21(29)27(19)16-6-7-16)10-9-23-20(28)24-15-5-8-17-18(11-15)31-12-30-17/h1-5,8,11,16H,6-7,9-10,12H2,(H2,23,24,28). The molecule has 10 heteroatoms. The minimum absolute atomic E-state index is 0.114. The molecule has 2 aromatic carbocycles. The van der Waals surface area contributed by atoms with E-state index in [4.69, 9.17) is 9.47 Å². The highest BCUT2D eigenvalue weighted by Gasteiger charge is 2.30. The number of hydrogen-bond donors (Lipinski definition) is 2. The van der Waals surface area contributed by atoms with E-state index < -0.39 is 6.03 Å². The van der Waals surface area contributed by atoms with Crippen LogP contribution in [0.5, 0.6) is 11.5 Å². The third-order valence-electron chi connectivity index (χ3n) is 5.12. The summed E-state index contributed by atoms with van der Waals surface area (Å²) in [7, 11) is 0. The van der Waals surface area contributed by atoms with Crippen LogP contribution in [0, 0.1) is 5.82 Å². The number of nitrogens with zero attached hydrogens (tertiary/aromatic N) is 3. The number of fused-ring (bicyclic) bond motifs is 1. The van der Waals surface area contributed by atoms with Crippen LogP contribution in [-0.2, 0) is 6.54 Å². The lowest BCUT2D eigenvalue weighted by molar-refractivity contribution is 0.174. The van der Waals surface area contributed by atoms with Crippen LogP contribution >= 0.6 is 0 Å². The number of halogens is 1. The molecule has 5 rings (SSSR count). The fourth-order valence-corrected chi connectivity index (χ4v) is 3.45. The van der Waals surface area contributed by atoms with E-state index in [1.807, 2.05) is 0 Å². The third kappa shape index (κ3) is 3.96. The largest absolute Gasteiger partial charge is 0.454 e. The maximum Gasteiger partial charge on any atom is 0.346 e. The number of carbonyl (C=O) groups is 1. The van der Waals surface area contributed by atoms with Gasteiger partial charge in [-0.15, -0.1) is 5.10 Å². The number of anilines is 1. The first-order valence-electron chi connectivity index (χ1n) is 9.98. The number of nitrogens with one attached hydrogen (secondary N) is 2. The number of carbonyl (C=O) groups excluding carboxylic acids is 1. The molecule has 1 aliphatic carbocycles. The normalized spacial score (nSPS) is 14.5. The van der Waals surface area contributed by atoms with Gasteiger partial charge >= 0.3 is 11.7 Å². The Morgan fingerprint density at radius 2 is 1.90 bits per heavy atom. The first kappa shape index (κ1) is 19.2. The Labute approximate surface area is 176 Å². The van der Waals surface area contributed by atoms with Crippen molar-refractivity contribution in [3.8, 4) is 22.9 Å². The molecule has 0 bridgehead atoms. The van der Waals surface area contributed by atoms with Gasteiger partial charge in [-0.25, -0.2) is 18.7 Å². The topological polar surface area (TPSA) is 99.4 Å². The molecule has 2 heterocycles. The fraction of sp³-hybridized carbons (Fsp3) is 0.286. The first-order chi connectivity index (χ1) is 15.1. The Balaban J connectivity index is 1.24. The van der Waals surface area contributed by atoms with Crippen molar-refractivity contribution in [1.29, 1.82) is 0 Å². The molecule has 0 atom stereocenters. The van der Waals surface area contributed by atoms with E-state index in [1.165, 1.54) is 16.8 Å². The molecule has 2 aliphatic rings. The van der Waals surface area contributed by atoms with Gasteiger partial charge in [0, 0.05) is 29.9 Å². The van der Waals surface area contributed by atoms with E-state index in [2.05, 4.69) is 15.7 Å². The minimum atomic E-state index is -0.410. The average Bonchev–Trinajstić information content (AvgIpc) is 3.39. The number of amides is 2. The number of hydrogen-bond acceptors (Lipinski definition) is 5. The van der Waals surface area contributed by atoms with Crippen molar-refractivity contribution in [2.75, 3.05) is 18.7 Å². The Kier molecular flexibility index (Phi) is 4.81. The second-order valence-electron chi connectivity index (χ2n) is 7.39. The predicted molar refractivity (Wildman–Crippen MR) is 110 cm³/mol. The van der Waals surface area contributed by atoms with Gasteiger partial charge in [0.1, 0.15) is 5.82 Å². The van der Waals surface area contributed by atoms with Gasteiger partial charge in [0.05, 0.1) is 6.54 Å². The lowest BCUT2D eigenvalue weighted by Crippen LogP contribution is -2.34. The number of aromatic nitrogens is 3. The number of urea groups is 1. The monoisotopic (exact) mass is 425 g/mol. The van der Waals surface area contributed by atoms with E-state index >= 15 is 0 Å². The average molecular weight is 425 g/mol. The van der Waals surface area contributed by atoms with Gasteiger partial charge < -0.3 is 20.1 Å². The first-order valence-corrected chi connectivity index (χ1v) is 9.98. The molecule has 0 spiro atoms. The van der Waals surface area contributed by atoms with Crippen LogP contribution in [-0.4, -0.2) is 33.7 Å². The smallest absolute Gasteiger partial charge is 0.346 e. The molecule has 3 aromatic rings. The summed E-state index contributed by atoms with van der Waals surface area (Å²) >= 11 is 0. The third-order valence-corrected chi connectivity index (χ3v) is 5.12. The fourth-order valence-electron chi connectivity index (χ4n) is 3.45. The van der Waals surface area contributed by atoms with E-state index in [-0.39, 0.29) is 37.4 Å². The number of ether oxygens (including phenoxy) is 2. The molecular formula is C21H20FN5O4. The van der Waals surface area contributed by atoms with E-state index in [0.29, 0.717) is 28.6 Å². The molecule has 2 N–H and O–H groups in total. The molecule has 0 unspecified atom stereocenters. The van der Waals surface area contributed by atoms with Crippen molar-refractivity contribution in [3.63, 3.8) is 0 Å². The predicted octanol–water partition coefficient (Wildman–Crippen LogP) is 2.74. The van der Waals surface area contributed by atoms with Gasteiger partial charge in [-0.3, -0.25) is 4.57 Å². The van der Waals surface area contributed by atoms with Gasteiger partial charge in [-0.1, -0.05) is 0 Å². The summed E-state index contributed by atoms with van der Waals surface area (Å²) < 4.78 is 26.8. The van der Waals surface area contributed by atoms with Crippen molar-refractivity contribution in [2.24, 2.45) is 0 Å². The van der Waals surface area contributed by atoms with Crippen LogP contribution in [0.2, 0.25) is 0 Å². The van der Waals surface area contributed by atoms with Crippen LogP contribution in [0.4, 0.5) is 14.9 Å². The van der Waals surface area contributed by atoms with Crippen LogP contribution < -0.4 is 25.8 Å². The summed E-state index contributed by atoms with van der Waals surface area (Å²) in [6, 6.07) is 10.7. The van der Waals surface area contributed by atoms with E-state index in [0.717, 1.165) is 12.8 Å². The van der Waals surface area contributed by atoms with Crippen LogP contribution in [0.15, 0.2) is 47.3 Å². The molecular weight excluding hydrogens is 405 g/mol. The van der Waals surface area contributed by atoms with Gasteiger partial charge in [0.15, 0.2) is 17.3 Å². The molecule has 1 saturated carbocycles. The number of benzene rings is 2. The van der Waals surface area contributed by atoms with E-state index in [9.17, 15) is 14.0 Å². The summed E-state index contributed by atoms with van der Waals surface area (Å²) in [4.78, 5) is 25.0. The lowest BCUT2D eigenvalue weighted by atomic mass is 10.2. The maximum atomic E-state index is 13.3. The van der Waals surface area contributed by atoms with Gasteiger partial charge in [0.2, 0.25) is 6.79 Å². The summed E-state index contributed by atoms with van der Waals surface area (Å²) in [6.07, 6.45) is 1.83. The van der Waals surface area contributed by atoms with E-state index in [1.54, 1.807) is 34.9 Å². The molecule has 2 amide bonds. The molecule has 1 fully saturated rings. The molecule has 9 nitrogen and oxygen atoms in total. The zero-order valence-corrected chi connectivity index (χ0v) is 16.5. The summed E-state index contributed by atoms with van der Waals surface area (Å²) in [5.74, 6) is 1.37. The summed E-state index contributed by atoms with van der Waals surface area (Å²) in [6.45, 7) is 0.579. The molecule has 1 aromatic heterocycles. The second-order valence-corrected chi connectivity index (χ2v) is 7.39. The summed E-state index contributed by atoms with van der Waals surface area (Å²) in [5.41, 5.74) is 1.01. The van der Waals surface area contributed by atoms with Crippen molar-refractivity contribution in [1.82, 2.24) is 19.7 Å². The van der Waals surface area contributed by atoms with Crippen LogP contribution in [0.3, 0.4) is 0 Å². The Bertz CT molecular complexity index is 1180. The zero-order valence-electron chi connectivity index (χ0n) is 16.5. The second kappa shape index (κ2) is 7.78. The molecule has 1 aliphatic heterocycles. The minimum Gasteiger partial charge on any atom is -0.454 e. The Hall–Kier alpha value is -3.82. The Morgan fingerprint density at radius 1 is 1.13 bits per heavy atom. The van der Waals surface area contributed by atoms with Crippen molar-refractivity contribution < 1.29 is 18.7 Å². The van der Waals surface area contributed by atoms with Crippen molar-refractivity contribution in [2.45, 2.75) is 25.4 Å². The highest BCUT2D eigenvalue weighted by atomic mass is 19.1. The maximum absolute atomic E-state index is 13.3. The van der Waals surface area contributed by atoms with Gasteiger partial charge in [-0.05, 0) is 49.2 Å². The highest BCUT2D eigenvalue weighted by Crippen LogP contribution is 2.36. The quantitative estimate of drug-likeness (QED) is 0.633. The number of rotatable bonds is 6. The molecule has 31 heavy (non-hydrogen) atoms. The van der Waals surface area contributed by atoms with Crippen LogP contribution in [0.25, 0.3) is 11.4 Å². The Morgan fingerprint density at radius 3 is 2.68 bits per heavy atom. The van der Waals surface area contributed by atoms with Crippen LogP contribution in [0.1, 0.15) is 18.9 Å². The molecule has 160 valence electrons. The highest BCUT2D eigenvalue weighted by molar-refractivity contribution is 5.89. The summed E-state index contributed by atoms with van der Waals surface area (Å²) in [5, 5.41) is 9.86. The van der Waals surface area contributed by atoms with Gasteiger partial charge in [0.25, 0.3) is 0 Å². The van der Waals surface area contributed by atoms with Crippen molar-refractivity contribution >= 4 is 11.7 Å². The zero-order chi connectivity index (χ0) is 21.4. The van der Waals surface area contributed by atoms with Crippen molar-refractivity contribution in [3.05, 3.63) is 58.8 Å². The SMILES string of the molecule is O=C(NCCn1nc(-c2ccc(F)cc2)n(C2CC2)c1=O)Nc1ccc2c(c1)OCO2. The lowest BCUT2D eigenvalue weighted by Gasteiger charge is -2.08. The van der Waals surface area contributed by atoms with Gasteiger partial charge in [-0.2, -0.15) is 0 Å². The molecule has 0 radical (unpaired) electrons.